The number of allylic oxidation sites excluding steroid dienone is 3. The molecule has 0 spiro atoms. The van der Waals surface area contributed by atoms with Crippen LogP contribution in [-0.2, 0) is 62.2 Å². The highest BCUT2D eigenvalue weighted by molar-refractivity contribution is 6.54. The average Bonchev–Trinajstić information content (AvgIpc) is 1.58. The van der Waals surface area contributed by atoms with E-state index in [1.165, 1.54) is 12.8 Å². The summed E-state index contributed by atoms with van der Waals surface area (Å²) >= 11 is 18.4. The van der Waals surface area contributed by atoms with Crippen LogP contribution in [-0.4, -0.2) is 140 Å². The molecule has 1 heterocycles. The van der Waals surface area contributed by atoms with Gasteiger partial charge < -0.3 is 40.0 Å². The molecule has 620 valence electrons. The molecule has 108 heavy (non-hydrogen) atoms. The van der Waals surface area contributed by atoms with Crippen LogP contribution in [0.4, 0.5) is 26.3 Å². The van der Waals surface area contributed by atoms with E-state index < -0.39 is 68.6 Å². The summed E-state index contributed by atoms with van der Waals surface area (Å²) in [5.74, 6) is -3.16. The molecule has 5 saturated carbocycles. The van der Waals surface area contributed by atoms with E-state index in [-0.39, 0.29) is 83.1 Å². The van der Waals surface area contributed by atoms with E-state index >= 15 is 0 Å². The van der Waals surface area contributed by atoms with Gasteiger partial charge in [-0.1, -0.05) is 158 Å². The molecule has 0 aromatic heterocycles. The Balaban J connectivity index is 0.00000132. The summed E-state index contributed by atoms with van der Waals surface area (Å²) in [5.41, 5.74) is -2.13. The average molecular weight is 1620 g/mol. The highest BCUT2D eigenvalue weighted by Gasteiger charge is 2.63. The van der Waals surface area contributed by atoms with Crippen molar-refractivity contribution in [2.24, 2.45) is 82.3 Å². The van der Waals surface area contributed by atoms with Crippen molar-refractivity contribution in [3.63, 3.8) is 0 Å². The molecule has 4 N–H and O–H groups in total. The number of esters is 3. The Labute approximate surface area is 658 Å². The molecule has 5 aliphatic carbocycles. The molecule has 0 bridgehead atoms. The molecule has 6 fully saturated rings. The molecule has 14 atom stereocenters. The van der Waals surface area contributed by atoms with Gasteiger partial charge in [-0.05, 0) is 191 Å². The third-order valence-corrected chi connectivity index (χ3v) is 20.8. The normalized spacial score (nSPS) is 25.4. The summed E-state index contributed by atoms with van der Waals surface area (Å²) in [7, 11) is 0. The second kappa shape index (κ2) is 50.5. The number of amides is 3. The Kier molecular flexibility index (Phi) is 48.0. The number of rotatable bonds is 36. The number of ketones is 2. The Bertz CT molecular complexity index is 2870. The Hall–Kier alpha value is -5.46. The zero-order valence-electron chi connectivity index (χ0n) is 65.7. The predicted molar refractivity (Wildman–Crippen MR) is 412 cm³/mol. The Morgan fingerprint density at radius 3 is 1.21 bits per heavy atom. The van der Waals surface area contributed by atoms with Crippen molar-refractivity contribution in [3.05, 3.63) is 63.3 Å². The molecule has 1 aliphatic heterocycles. The molecule has 0 aromatic carbocycles. The lowest BCUT2D eigenvalue weighted by molar-refractivity contribution is -0.169. The molecule has 6 rings (SSSR count). The first-order valence-corrected chi connectivity index (χ1v) is 39.8. The summed E-state index contributed by atoms with van der Waals surface area (Å²) < 4.78 is 82.4. The zero-order chi connectivity index (χ0) is 83.3. The van der Waals surface area contributed by atoms with Gasteiger partial charge in [-0.15, -0.1) is 32.9 Å². The fourth-order valence-corrected chi connectivity index (χ4v) is 14.2. The lowest BCUT2D eigenvalue weighted by Crippen LogP contribution is -2.54. The zero-order valence-corrected chi connectivity index (χ0v) is 68.7. The van der Waals surface area contributed by atoms with Crippen LogP contribution in [0.1, 0.15) is 231 Å². The number of alkyl halides is 10. The van der Waals surface area contributed by atoms with Crippen LogP contribution in [0.15, 0.2) is 63.3 Å². The second-order valence-electron chi connectivity index (χ2n) is 30.5. The number of carbonyl (C=O) groups excluding carboxylic acids is 8. The van der Waals surface area contributed by atoms with E-state index in [0.29, 0.717) is 74.5 Å². The van der Waals surface area contributed by atoms with Gasteiger partial charge in [0, 0.05) is 30.2 Å². The lowest BCUT2D eigenvalue weighted by atomic mass is 9.94. The molecule has 3 amide bonds. The quantitative estimate of drug-likeness (QED) is 0.0113. The van der Waals surface area contributed by atoms with Crippen molar-refractivity contribution in [1.29, 1.82) is 0 Å². The maximum atomic E-state index is 13.4. The van der Waals surface area contributed by atoms with Crippen molar-refractivity contribution in [2.75, 3.05) is 26.4 Å². The van der Waals surface area contributed by atoms with E-state index in [9.17, 15) is 74.3 Å². The van der Waals surface area contributed by atoms with Gasteiger partial charge in [0.25, 0.3) is 11.6 Å². The third-order valence-electron chi connectivity index (χ3n) is 20.0. The van der Waals surface area contributed by atoms with Crippen LogP contribution in [0.25, 0.3) is 0 Å². The van der Waals surface area contributed by atoms with E-state index in [0.717, 1.165) is 116 Å². The Morgan fingerprint density at radius 2 is 0.889 bits per heavy atom. The van der Waals surface area contributed by atoms with Gasteiger partial charge in [0.2, 0.25) is 17.7 Å². The minimum atomic E-state index is -4.92. The summed E-state index contributed by atoms with van der Waals surface area (Å²) in [4.78, 5) is 114. The minimum absolute atomic E-state index is 0.00311. The number of ether oxygens (including phenoxy) is 3. The monoisotopic (exact) mass is 1620 g/mol. The topological polar surface area (TPSA) is 266 Å². The van der Waals surface area contributed by atoms with Crippen molar-refractivity contribution in [1.82, 2.24) is 15.5 Å². The molecular weight excluding hydrogens is 1500 g/mol. The molecule has 2 unspecified atom stereocenters. The number of hydrogen-bond acceptors (Lipinski definition) is 13. The van der Waals surface area contributed by atoms with Crippen molar-refractivity contribution in [3.8, 4) is 0 Å². The second-order valence-corrected chi connectivity index (χ2v) is 32.7. The number of carboxylic acids is 2. The van der Waals surface area contributed by atoms with E-state index in [1.54, 1.807) is 37.8 Å². The molecule has 1 saturated heterocycles. The molecule has 28 heteroatoms. The fourth-order valence-electron chi connectivity index (χ4n) is 13.7. The van der Waals surface area contributed by atoms with Gasteiger partial charge in [-0.3, -0.25) is 38.4 Å². The summed E-state index contributed by atoms with van der Waals surface area (Å²) in [6.45, 7) is 44.5. The van der Waals surface area contributed by atoms with Crippen LogP contribution in [0.5, 0.6) is 0 Å². The van der Waals surface area contributed by atoms with Crippen LogP contribution in [0.3, 0.4) is 0 Å². The Morgan fingerprint density at radius 1 is 0.509 bits per heavy atom. The van der Waals surface area contributed by atoms with Crippen molar-refractivity contribution < 1.29 is 98.7 Å². The van der Waals surface area contributed by atoms with Crippen molar-refractivity contribution >= 4 is 106 Å². The van der Waals surface area contributed by atoms with Crippen LogP contribution < -0.4 is 10.6 Å². The number of aliphatic carboxylic acids is 2. The van der Waals surface area contributed by atoms with Gasteiger partial charge >= 0.3 is 42.2 Å². The number of hydrogen-bond donors (Lipinski definition) is 4. The predicted octanol–water partition coefficient (Wildman–Crippen LogP) is 18.7. The van der Waals surface area contributed by atoms with Gasteiger partial charge in [-0.2, -0.15) is 26.3 Å². The standard InChI is InChI=1S/C27H44N2O4.C18H29NO3.2C10H18O2.C9H14O2.2C3HCl2F3O/c1-7-10-11-12-13-14-20(6)25(31)29-18-21(15-19(4)5)16-23(29)24(30)28-27(17-22(27)8-2)26(32)33-9-3;1-5-15-11-18(15,17(21)22-6-2)19-16(20)14-8-7-13(10-14)9-12(3)4;1-7(2)5-8-3-4-9(6-8)10(11)12;1-3-4-5-6-7-8-9(2)10(11)12;1-4-7-6-9(7,3)8(10)11-5-2;2*4-2(5)1(9)3(6,7)8/h7-8,19-23H,1-2,9-18H2,3-6H3,(H,28,30);5,12-15H,1,6-11H2,2-4H3,(H,19,20);7-9H,3-6H2,1-2H3,(H,11,12);3,9H,1,4-8H2,2H3,(H,11,12);4,7H,1,5-6H2,2-3H3;2*2H/t20-,21+,22+,23-,27+;13-,14+,15?,18-;8-,9+;9-;7?,9-;;/m01100../s1. The molecule has 0 radical (unpaired) electrons. The first-order valence-electron chi connectivity index (χ1n) is 38.0. The summed E-state index contributed by atoms with van der Waals surface area (Å²) in [5, 5.41) is 23.3. The highest BCUT2D eigenvalue weighted by Crippen LogP contribution is 2.54. The molecule has 6 aliphatic rings. The third kappa shape index (κ3) is 36.8. The molecule has 18 nitrogen and oxygen atoms in total. The smallest absolute Gasteiger partial charge is 0.452 e. The van der Waals surface area contributed by atoms with Gasteiger partial charge in [0.15, 0.2) is 9.67 Å². The van der Waals surface area contributed by atoms with Crippen LogP contribution >= 0.6 is 46.4 Å². The van der Waals surface area contributed by atoms with Gasteiger partial charge in [0.1, 0.15) is 17.1 Å². The fraction of sp³-hybridized carbons (Fsp3) is 0.750. The number of carbonyl (C=O) groups is 10. The summed E-state index contributed by atoms with van der Waals surface area (Å²) in [6.07, 6.45) is 21.3. The number of nitrogens with one attached hydrogen (secondary N) is 2. The van der Waals surface area contributed by atoms with Crippen LogP contribution in [0.2, 0.25) is 0 Å². The van der Waals surface area contributed by atoms with E-state index in [1.807, 2.05) is 39.0 Å². The number of likely N-dealkylation sites (tertiary alicyclic amines) is 1. The van der Waals surface area contributed by atoms with Gasteiger partial charge in [-0.25, -0.2) is 9.59 Å². The summed E-state index contributed by atoms with van der Waals surface area (Å²) in [6, 6.07) is -0.540. The number of carboxylic acid groups (broad SMARTS) is 2. The maximum Gasteiger partial charge on any atom is 0.452 e. The molecular formula is C80H125Cl4F6N3O15. The number of Topliss-reactive ketones (excluding diaryl/α,β-unsaturated/α-hetero) is 2. The lowest BCUT2D eigenvalue weighted by Gasteiger charge is -2.28. The van der Waals surface area contributed by atoms with Crippen molar-refractivity contribution in [2.45, 2.75) is 270 Å². The highest BCUT2D eigenvalue weighted by atomic mass is 35.5. The number of unbranched alkanes of at least 4 members (excludes halogenated alkanes) is 6. The SMILES string of the molecule is C=CC1C[C@]1(C)C(=O)OCC.C=CC1C[C@]1(NC(=O)[C@H]1CC[C@H](CC(C)C)C1)C(=O)OCC.C=CCCCCC[C@H](C)C(=O)N1C[C@H](CC(C)C)C[C@H]1C(=O)N[C@]1(C(=O)OCC)C[C@H]1C=C.C=CCCCCC[C@H](C)C(=O)O.CC(C)C[C@H]1CC[C@H](C(=O)O)C1.O=C(C(Cl)Cl)C(F)(F)F.O=C(C(Cl)Cl)C(F)(F)F. The number of nitrogens with zero attached hydrogens (tertiary/aromatic N) is 1. The largest absolute Gasteiger partial charge is 0.481 e. The molecule has 0 aromatic rings. The number of halogens is 10. The van der Waals surface area contributed by atoms with E-state index in [4.69, 9.17) is 24.4 Å². The van der Waals surface area contributed by atoms with Crippen LogP contribution in [0, 0.1) is 82.3 Å². The van der Waals surface area contributed by atoms with Gasteiger partial charge in [0.05, 0.1) is 37.1 Å². The first kappa shape index (κ1) is 103. The maximum absolute atomic E-state index is 13.4. The van der Waals surface area contributed by atoms with E-state index in [2.05, 4.69) is 131 Å². The minimum Gasteiger partial charge on any atom is -0.481 e. The first-order chi connectivity index (χ1) is 50.2.